The highest BCUT2D eigenvalue weighted by atomic mass is 19.1. The quantitative estimate of drug-likeness (QED) is 0.418. The Balaban J connectivity index is 1.59. The smallest absolute Gasteiger partial charge is 0.310 e. The molecule has 1 aliphatic rings. The van der Waals surface area contributed by atoms with Gasteiger partial charge in [-0.25, -0.2) is 18.3 Å². The van der Waals surface area contributed by atoms with Gasteiger partial charge in [-0.15, -0.1) is 0 Å². The normalized spacial score (nSPS) is 15.6. The summed E-state index contributed by atoms with van der Waals surface area (Å²) >= 11 is 0. The number of aromatic nitrogens is 6. The van der Waals surface area contributed by atoms with Gasteiger partial charge in [0.25, 0.3) is 0 Å². The molecule has 1 N–H and O–H groups in total. The zero-order valence-corrected chi connectivity index (χ0v) is 20.4. The van der Waals surface area contributed by atoms with Gasteiger partial charge in [-0.05, 0) is 56.2 Å². The number of benzene rings is 2. The van der Waals surface area contributed by atoms with Gasteiger partial charge in [0, 0.05) is 44.0 Å². The third kappa shape index (κ3) is 3.17. The van der Waals surface area contributed by atoms with Crippen molar-refractivity contribution in [3.63, 3.8) is 0 Å². The van der Waals surface area contributed by atoms with Crippen LogP contribution in [0.5, 0.6) is 0 Å². The van der Waals surface area contributed by atoms with Gasteiger partial charge in [-0.1, -0.05) is 0 Å². The molecule has 5 aromatic rings. The van der Waals surface area contributed by atoms with Crippen LogP contribution in [-0.2, 0) is 13.5 Å². The highest BCUT2D eigenvalue weighted by Gasteiger charge is 2.29. The van der Waals surface area contributed by atoms with Crippen LogP contribution in [0.3, 0.4) is 0 Å². The fourth-order valence-corrected chi connectivity index (χ4v) is 5.15. The lowest BCUT2D eigenvalue weighted by Crippen LogP contribution is -2.30. The zero-order valence-electron chi connectivity index (χ0n) is 20.4. The summed E-state index contributed by atoms with van der Waals surface area (Å²) in [6.07, 6.45) is 5.32. The van der Waals surface area contributed by atoms with Crippen molar-refractivity contribution in [2.24, 2.45) is 7.05 Å². The van der Waals surface area contributed by atoms with Crippen molar-refractivity contribution < 1.29 is 8.78 Å². The first-order valence-electron chi connectivity index (χ1n) is 11.8. The van der Waals surface area contributed by atoms with E-state index in [1.54, 1.807) is 66.9 Å². The van der Waals surface area contributed by atoms with E-state index in [4.69, 9.17) is 5.10 Å². The summed E-state index contributed by atoms with van der Waals surface area (Å²) in [6, 6.07) is 6.71. The number of nitrogens with zero attached hydrogens (tertiary/aromatic N) is 6. The monoisotopic (exact) mass is 489 g/mol. The van der Waals surface area contributed by atoms with Crippen LogP contribution in [0.1, 0.15) is 35.3 Å². The number of rotatable bonds is 3. The Hall–Kier alpha value is -4.05. The van der Waals surface area contributed by atoms with Crippen molar-refractivity contribution in [3.05, 3.63) is 87.4 Å². The Labute approximate surface area is 205 Å². The molecule has 6 rings (SSSR count). The Morgan fingerprint density at radius 3 is 2.53 bits per heavy atom. The topological polar surface area (TPSA) is 74.6 Å². The number of nitrogens with one attached hydrogen (secondary N) is 1. The molecule has 10 heteroatoms. The number of fused-ring (bicyclic) bond motifs is 2. The minimum Gasteiger partial charge on any atom is -0.310 e. The number of hydrogen-bond acceptors (Lipinski definition) is 4. The van der Waals surface area contributed by atoms with Crippen LogP contribution in [0.2, 0.25) is 0 Å². The second kappa shape index (κ2) is 7.99. The molecule has 2 aromatic carbocycles. The van der Waals surface area contributed by atoms with Crippen LogP contribution in [0.4, 0.5) is 8.78 Å². The van der Waals surface area contributed by atoms with E-state index in [9.17, 15) is 9.18 Å². The fraction of sp³-hybridized carbons (Fsp3) is 0.269. The average Bonchev–Trinajstić information content (AvgIpc) is 3.53. The van der Waals surface area contributed by atoms with Gasteiger partial charge in [0.15, 0.2) is 5.82 Å². The Bertz CT molecular complexity index is 1700. The van der Waals surface area contributed by atoms with E-state index in [-0.39, 0.29) is 17.5 Å². The van der Waals surface area contributed by atoms with Crippen LogP contribution >= 0.6 is 0 Å². The molecule has 1 aliphatic heterocycles. The van der Waals surface area contributed by atoms with Crippen molar-refractivity contribution in [1.82, 2.24) is 34.0 Å². The first kappa shape index (κ1) is 22.4. The van der Waals surface area contributed by atoms with E-state index in [0.29, 0.717) is 40.0 Å². The molecule has 36 heavy (non-hydrogen) atoms. The molecule has 0 saturated heterocycles. The second-order valence-electron chi connectivity index (χ2n) is 9.34. The van der Waals surface area contributed by atoms with Gasteiger partial charge < -0.3 is 5.32 Å². The lowest BCUT2D eigenvalue weighted by Gasteiger charge is -2.21. The minimum atomic E-state index is -0.518. The largest absolute Gasteiger partial charge is 0.338 e. The van der Waals surface area contributed by atoms with Crippen LogP contribution in [0.25, 0.3) is 28.1 Å². The van der Waals surface area contributed by atoms with Crippen LogP contribution in [0.15, 0.2) is 47.7 Å². The number of aryl methyl sites for hydroxylation is 3. The van der Waals surface area contributed by atoms with E-state index in [0.717, 1.165) is 17.8 Å². The highest BCUT2D eigenvalue weighted by molar-refractivity contribution is 5.81. The molecule has 0 fully saturated rings. The summed E-state index contributed by atoms with van der Waals surface area (Å²) in [5, 5.41) is 12.7. The van der Waals surface area contributed by atoms with Gasteiger partial charge in [-0.3, -0.25) is 13.8 Å². The highest BCUT2D eigenvalue weighted by Crippen LogP contribution is 2.32. The molecule has 0 aliphatic carbocycles. The molecule has 0 spiro atoms. The Morgan fingerprint density at radius 2 is 1.78 bits per heavy atom. The van der Waals surface area contributed by atoms with Gasteiger partial charge in [0.05, 0.1) is 34.2 Å². The van der Waals surface area contributed by atoms with Crippen molar-refractivity contribution in [2.45, 2.75) is 33.2 Å². The summed E-state index contributed by atoms with van der Waals surface area (Å²) < 4.78 is 35.9. The van der Waals surface area contributed by atoms with E-state index >= 15 is 4.39 Å². The van der Waals surface area contributed by atoms with E-state index in [2.05, 4.69) is 10.4 Å². The summed E-state index contributed by atoms with van der Waals surface area (Å²) in [4.78, 5) is 13.7. The SMILES string of the molecule is Cc1cc(-n2nc3c(c2-n2ccn(-c4ccc5c(cnn5C)c4F)c2=O)[C@@H](C)NCC3)cc(C)c1F. The second-order valence-corrected chi connectivity index (χ2v) is 9.34. The van der Waals surface area contributed by atoms with Crippen molar-refractivity contribution >= 4 is 10.9 Å². The van der Waals surface area contributed by atoms with Crippen LogP contribution < -0.4 is 11.0 Å². The third-order valence-corrected chi connectivity index (χ3v) is 6.99. The molecule has 3 aromatic heterocycles. The molecule has 0 bridgehead atoms. The lowest BCUT2D eigenvalue weighted by atomic mass is 10.0. The summed E-state index contributed by atoms with van der Waals surface area (Å²) in [5.41, 5.74) is 3.75. The molecular weight excluding hydrogens is 464 g/mol. The maximum atomic E-state index is 15.4. The molecule has 0 amide bonds. The molecule has 4 heterocycles. The van der Waals surface area contributed by atoms with E-state index in [1.165, 1.54) is 15.3 Å². The Morgan fingerprint density at radius 1 is 1.06 bits per heavy atom. The minimum absolute atomic E-state index is 0.0566. The molecule has 0 saturated carbocycles. The Kier molecular flexibility index (Phi) is 4.97. The van der Waals surface area contributed by atoms with Gasteiger partial charge >= 0.3 is 5.69 Å². The van der Waals surface area contributed by atoms with E-state index < -0.39 is 11.5 Å². The van der Waals surface area contributed by atoms with Crippen molar-refractivity contribution in [2.75, 3.05) is 6.54 Å². The van der Waals surface area contributed by atoms with Crippen LogP contribution in [0, 0.1) is 25.5 Å². The first-order valence-corrected chi connectivity index (χ1v) is 11.8. The van der Waals surface area contributed by atoms with Crippen molar-refractivity contribution in [1.29, 1.82) is 0 Å². The third-order valence-electron chi connectivity index (χ3n) is 6.99. The number of halogens is 2. The maximum absolute atomic E-state index is 15.4. The van der Waals surface area contributed by atoms with Gasteiger partial charge in [-0.2, -0.15) is 10.2 Å². The first-order chi connectivity index (χ1) is 17.3. The molecule has 1 atom stereocenters. The average molecular weight is 490 g/mol. The fourth-order valence-electron chi connectivity index (χ4n) is 5.15. The molecule has 0 radical (unpaired) electrons. The molecule has 0 unspecified atom stereocenters. The summed E-state index contributed by atoms with van der Waals surface area (Å²) in [5.74, 6) is -0.227. The standard InChI is InChI=1S/C26H25F2N7O/c1-14-11-17(12-15(2)23(14)27)35-25(22-16(3)29-8-7-19(22)31-35)34-10-9-33(26(34)36)21-6-5-20-18(24(21)28)13-30-32(20)4/h5-6,9-13,16,29H,7-8H2,1-4H3/t16-/m1/s1. The summed E-state index contributed by atoms with van der Waals surface area (Å²) in [7, 11) is 1.74. The summed E-state index contributed by atoms with van der Waals surface area (Å²) in [6.45, 7) is 6.20. The number of imidazole rings is 1. The zero-order chi connectivity index (χ0) is 25.3. The van der Waals surface area contributed by atoms with Crippen LogP contribution in [-0.4, -0.2) is 35.2 Å². The number of hydrogen-bond donors (Lipinski definition) is 1. The predicted molar refractivity (Wildman–Crippen MR) is 132 cm³/mol. The molecule has 184 valence electrons. The lowest BCUT2D eigenvalue weighted by molar-refractivity contribution is 0.536. The van der Waals surface area contributed by atoms with Crippen molar-refractivity contribution in [3.8, 4) is 17.2 Å². The predicted octanol–water partition coefficient (Wildman–Crippen LogP) is 3.80. The molecular formula is C26H25F2N7O. The van der Waals surface area contributed by atoms with Gasteiger partial charge in [0.1, 0.15) is 11.6 Å². The van der Waals surface area contributed by atoms with Gasteiger partial charge in [0.2, 0.25) is 0 Å². The maximum Gasteiger partial charge on any atom is 0.338 e. The molecule has 8 nitrogen and oxygen atoms in total. The van der Waals surface area contributed by atoms with E-state index in [1.807, 2.05) is 6.92 Å².